The molecule has 2 aliphatic heterocycles. The van der Waals surface area contributed by atoms with Gasteiger partial charge in [-0.15, -0.1) is 0 Å². The van der Waals surface area contributed by atoms with E-state index >= 15 is 0 Å². The van der Waals surface area contributed by atoms with Crippen LogP contribution in [0, 0.1) is 5.82 Å². The average molecular weight is 443 g/mol. The molecule has 2 aliphatic rings. The van der Waals surface area contributed by atoms with Gasteiger partial charge in [0, 0.05) is 26.1 Å². The molecule has 1 atom stereocenters. The van der Waals surface area contributed by atoms with Crippen molar-refractivity contribution in [1.82, 2.24) is 19.8 Å². The number of aryl methyl sites for hydroxylation is 1. The van der Waals surface area contributed by atoms with Crippen molar-refractivity contribution in [1.29, 1.82) is 0 Å². The van der Waals surface area contributed by atoms with Crippen LogP contribution in [0.2, 0.25) is 0 Å². The van der Waals surface area contributed by atoms with E-state index in [1.165, 1.54) is 11.2 Å². The Labute approximate surface area is 185 Å². The second-order valence-corrected chi connectivity index (χ2v) is 7.69. The maximum atomic E-state index is 14.3. The highest BCUT2D eigenvalue weighted by Gasteiger charge is 2.35. The molecule has 170 valence electrons. The van der Waals surface area contributed by atoms with Crippen LogP contribution < -0.4 is 14.4 Å². The zero-order valence-corrected chi connectivity index (χ0v) is 18.2. The Morgan fingerprint density at radius 3 is 2.81 bits per heavy atom. The first-order valence-electron chi connectivity index (χ1n) is 10.6. The lowest BCUT2D eigenvalue weighted by Crippen LogP contribution is -2.42. The van der Waals surface area contributed by atoms with Crippen LogP contribution >= 0.6 is 0 Å². The lowest BCUT2D eigenvalue weighted by Gasteiger charge is -2.22. The van der Waals surface area contributed by atoms with Crippen molar-refractivity contribution < 1.29 is 23.5 Å². The van der Waals surface area contributed by atoms with Crippen LogP contribution in [0.4, 0.5) is 14.9 Å². The Morgan fingerprint density at radius 1 is 1.22 bits per heavy atom. The molecule has 2 saturated heterocycles. The van der Waals surface area contributed by atoms with E-state index in [2.05, 4.69) is 9.97 Å². The molecule has 3 heterocycles. The summed E-state index contributed by atoms with van der Waals surface area (Å²) in [6.07, 6.45) is 1.93. The minimum atomic E-state index is -0.557. The number of hydrogen-bond donors (Lipinski definition) is 0. The predicted molar refractivity (Wildman–Crippen MR) is 114 cm³/mol. The molecule has 1 aromatic carbocycles. The van der Waals surface area contributed by atoms with Gasteiger partial charge in [0.25, 0.3) is 5.88 Å². The minimum absolute atomic E-state index is 0.0148. The lowest BCUT2D eigenvalue weighted by atomic mass is 10.2. The van der Waals surface area contributed by atoms with Gasteiger partial charge in [-0.1, -0.05) is 19.1 Å². The summed E-state index contributed by atoms with van der Waals surface area (Å²) in [5, 5.41) is 0. The molecule has 0 saturated carbocycles. The van der Waals surface area contributed by atoms with E-state index < -0.39 is 5.82 Å². The number of anilines is 1. The smallest absolute Gasteiger partial charge is 0.325 e. The Hall–Kier alpha value is -3.43. The largest absolute Gasteiger partial charge is 0.495 e. The average Bonchev–Trinajstić information content (AvgIpc) is 3.42. The Kier molecular flexibility index (Phi) is 6.38. The van der Waals surface area contributed by atoms with Gasteiger partial charge in [0.15, 0.2) is 0 Å². The topological polar surface area (TPSA) is 88.1 Å². The number of nitrogens with zero attached hydrogens (tertiary/aromatic N) is 5. The second kappa shape index (κ2) is 9.37. The fraction of sp³-hybridized carbons (Fsp3) is 0.455. The summed E-state index contributed by atoms with van der Waals surface area (Å²) in [6, 6.07) is 7.07. The van der Waals surface area contributed by atoms with Crippen molar-refractivity contribution in [3.8, 4) is 11.6 Å². The number of aromatic nitrogens is 2. The van der Waals surface area contributed by atoms with Crippen molar-refractivity contribution in [3.63, 3.8) is 0 Å². The Bertz CT molecular complexity index is 1000. The number of urea groups is 1. The van der Waals surface area contributed by atoms with Crippen molar-refractivity contribution in [2.75, 3.05) is 44.7 Å². The van der Waals surface area contributed by atoms with Gasteiger partial charge in [0.1, 0.15) is 24.7 Å². The number of rotatable bonds is 7. The third-order valence-electron chi connectivity index (χ3n) is 5.74. The zero-order chi connectivity index (χ0) is 22.7. The summed E-state index contributed by atoms with van der Waals surface area (Å²) in [5.41, 5.74) is 0.982. The third-order valence-corrected chi connectivity index (χ3v) is 5.74. The molecule has 0 aliphatic carbocycles. The predicted octanol–water partition coefficient (Wildman–Crippen LogP) is 2.11. The third kappa shape index (κ3) is 4.30. The standard InChI is InChI=1S/C22H26FN5O4/c1-3-16-20(23)21(25-14-24-16)32-15-8-9-26(12-15)19(29)13-27-10-11-28(22(27)30)17-6-4-5-7-18(17)31-2/h4-7,14-15H,3,8-13H2,1-2H3/t15-/m0/s1. The van der Waals surface area contributed by atoms with Crippen LogP contribution in [0.1, 0.15) is 19.0 Å². The number of carbonyl (C=O) groups is 2. The van der Waals surface area contributed by atoms with Crippen molar-refractivity contribution in [2.24, 2.45) is 0 Å². The number of likely N-dealkylation sites (tertiary alicyclic amines) is 1. The number of benzene rings is 1. The first-order chi connectivity index (χ1) is 15.5. The highest BCUT2D eigenvalue weighted by Crippen LogP contribution is 2.30. The summed E-state index contributed by atoms with van der Waals surface area (Å²) in [4.78, 5) is 38.3. The van der Waals surface area contributed by atoms with Gasteiger partial charge in [-0.05, 0) is 18.6 Å². The molecule has 2 aromatic rings. The fourth-order valence-electron chi connectivity index (χ4n) is 3.99. The molecular weight excluding hydrogens is 417 g/mol. The number of halogens is 1. The molecule has 1 aromatic heterocycles. The van der Waals surface area contributed by atoms with Crippen LogP contribution in [-0.4, -0.2) is 77.6 Å². The number of ether oxygens (including phenoxy) is 2. The second-order valence-electron chi connectivity index (χ2n) is 7.69. The molecule has 4 rings (SSSR count). The highest BCUT2D eigenvalue weighted by molar-refractivity contribution is 5.97. The fourth-order valence-corrected chi connectivity index (χ4v) is 3.99. The van der Waals surface area contributed by atoms with Gasteiger partial charge in [-0.25, -0.2) is 9.78 Å². The summed E-state index contributed by atoms with van der Waals surface area (Å²) in [7, 11) is 1.56. The molecular formula is C22H26FN5O4. The summed E-state index contributed by atoms with van der Waals surface area (Å²) < 4.78 is 25.4. The molecule has 0 N–H and O–H groups in total. The van der Waals surface area contributed by atoms with E-state index in [0.717, 1.165) is 0 Å². The van der Waals surface area contributed by atoms with Gasteiger partial charge in [-0.3, -0.25) is 9.69 Å². The first-order valence-corrected chi connectivity index (χ1v) is 10.6. The van der Waals surface area contributed by atoms with E-state index in [4.69, 9.17) is 9.47 Å². The van der Waals surface area contributed by atoms with E-state index in [0.29, 0.717) is 56.2 Å². The van der Waals surface area contributed by atoms with E-state index in [-0.39, 0.29) is 30.5 Å². The number of hydrogen-bond acceptors (Lipinski definition) is 6. The van der Waals surface area contributed by atoms with Crippen LogP contribution in [0.25, 0.3) is 0 Å². The summed E-state index contributed by atoms with van der Waals surface area (Å²) >= 11 is 0. The van der Waals surface area contributed by atoms with E-state index in [9.17, 15) is 14.0 Å². The van der Waals surface area contributed by atoms with Gasteiger partial charge in [0.2, 0.25) is 11.7 Å². The Balaban J connectivity index is 1.34. The van der Waals surface area contributed by atoms with Crippen LogP contribution in [-0.2, 0) is 11.2 Å². The lowest BCUT2D eigenvalue weighted by molar-refractivity contribution is -0.130. The van der Waals surface area contributed by atoms with Gasteiger partial charge < -0.3 is 19.3 Å². The van der Waals surface area contributed by atoms with Gasteiger partial charge in [0.05, 0.1) is 25.0 Å². The van der Waals surface area contributed by atoms with Gasteiger partial charge in [-0.2, -0.15) is 9.37 Å². The van der Waals surface area contributed by atoms with Crippen molar-refractivity contribution in [3.05, 3.63) is 42.1 Å². The number of carbonyl (C=O) groups excluding carboxylic acids is 2. The first kappa shape index (κ1) is 21.8. The van der Waals surface area contributed by atoms with Crippen LogP contribution in [0.5, 0.6) is 11.6 Å². The quantitative estimate of drug-likeness (QED) is 0.651. The van der Waals surface area contributed by atoms with Gasteiger partial charge >= 0.3 is 6.03 Å². The summed E-state index contributed by atoms with van der Waals surface area (Å²) in [6.45, 7) is 3.52. The zero-order valence-electron chi connectivity index (χ0n) is 18.2. The SMILES string of the molecule is CCc1ncnc(O[C@H]2CCN(C(=O)CN3CCN(c4ccccc4OC)C3=O)C2)c1F. The Morgan fingerprint density at radius 2 is 2.03 bits per heavy atom. The maximum Gasteiger partial charge on any atom is 0.325 e. The molecule has 2 fully saturated rings. The molecule has 9 nitrogen and oxygen atoms in total. The molecule has 3 amide bonds. The molecule has 32 heavy (non-hydrogen) atoms. The maximum absolute atomic E-state index is 14.3. The van der Waals surface area contributed by atoms with Crippen molar-refractivity contribution >= 4 is 17.6 Å². The molecule has 10 heteroatoms. The van der Waals surface area contributed by atoms with Crippen LogP contribution in [0.3, 0.4) is 0 Å². The van der Waals surface area contributed by atoms with Crippen molar-refractivity contribution in [2.45, 2.75) is 25.9 Å². The molecule has 0 bridgehead atoms. The van der Waals surface area contributed by atoms with E-state index in [1.807, 2.05) is 18.2 Å². The monoisotopic (exact) mass is 443 g/mol. The molecule has 0 unspecified atom stereocenters. The highest BCUT2D eigenvalue weighted by atomic mass is 19.1. The number of amides is 3. The summed E-state index contributed by atoms with van der Waals surface area (Å²) in [5.74, 6) is -0.197. The number of para-hydroxylation sites is 2. The minimum Gasteiger partial charge on any atom is -0.495 e. The normalized spacial score (nSPS) is 18.4. The van der Waals surface area contributed by atoms with E-state index in [1.54, 1.807) is 29.9 Å². The van der Waals surface area contributed by atoms with Crippen LogP contribution in [0.15, 0.2) is 30.6 Å². The molecule has 0 spiro atoms. The molecule has 0 radical (unpaired) electrons. The number of methoxy groups -OCH3 is 1.